The molecule has 92 valence electrons. The lowest BCUT2D eigenvalue weighted by Crippen LogP contribution is -2.15. The first kappa shape index (κ1) is 12.3. The Balaban J connectivity index is 2.37. The van der Waals surface area contributed by atoms with E-state index in [1.54, 1.807) is 24.3 Å². The number of nitrogens with one attached hydrogen (secondary N) is 1. The summed E-state index contributed by atoms with van der Waals surface area (Å²) >= 11 is 5.93. The Kier molecular flexibility index (Phi) is 3.43. The van der Waals surface area contributed by atoms with Gasteiger partial charge in [-0.25, -0.2) is 9.97 Å². The Labute approximate surface area is 109 Å². The number of aryl methyl sites for hydroxylation is 1. The molecule has 3 N–H and O–H groups in total. The quantitative estimate of drug-likeness (QED) is 0.889. The molecule has 0 aliphatic carbocycles. The molecule has 0 aliphatic heterocycles. The summed E-state index contributed by atoms with van der Waals surface area (Å²) in [7, 11) is 0. The highest BCUT2D eigenvalue weighted by molar-refractivity contribution is 6.30. The smallest absolute Gasteiger partial charge is 0.269 e. The number of halogens is 1. The molecule has 0 saturated carbocycles. The number of nitrogens with zero attached hydrogens (tertiary/aromatic N) is 2. The maximum absolute atomic E-state index is 11.2. The van der Waals surface area contributed by atoms with E-state index in [1.807, 2.05) is 6.92 Å². The predicted octanol–water partition coefficient (Wildman–Crippen LogP) is 2.28. The SMILES string of the molecule is Cc1cc(Cl)cc(Nc2cccnc2C(N)=O)n1. The van der Waals surface area contributed by atoms with Crippen LogP contribution < -0.4 is 11.1 Å². The molecule has 0 aromatic carbocycles. The van der Waals surface area contributed by atoms with Gasteiger partial charge in [0.15, 0.2) is 5.69 Å². The van der Waals surface area contributed by atoms with Crippen molar-refractivity contribution in [1.29, 1.82) is 0 Å². The zero-order valence-corrected chi connectivity index (χ0v) is 10.4. The molecule has 0 saturated heterocycles. The van der Waals surface area contributed by atoms with Crippen molar-refractivity contribution >= 4 is 29.0 Å². The molecule has 2 heterocycles. The summed E-state index contributed by atoms with van der Waals surface area (Å²) in [6.45, 7) is 1.83. The second kappa shape index (κ2) is 5.01. The molecule has 0 aliphatic rings. The second-order valence-corrected chi connectivity index (χ2v) is 4.14. The molecular formula is C12H11ClN4O. The highest BCUT2D eigenvalue weighted by atomic mass is 35.5. The van der Waals surface area contributed by atoms with Crippen molar-refractivity contribution < 1.29 is 4.79 Å². The van der Waals surface area contributed by atoms with Gasteiger partial charge in [-0.2, -0.15) is 0 Å². The molecule has 0 unspecified atom stereocenters. The summed E-state index contributed by atoms with van der Waals surface area (Å²) in [5.74, 6) is -0.0626. The van der Waals surface area contributed by atoms with E-state index < -0.39 is 5.91 Å². The summed E-state index contributed by atoms with van der Waals surface area (Å²) in [6, 6.07) is 6.80. The van der Waals surface area contributed by atoms with Crippen LogP contribution in [0.25, 0.3) is 0 Å². The number of pyridine rings is 2. The highest BCUT2D eigenvalue weighted by Crippen LogP contribution is 2.20. The van der Waals surface area contributed by atoms with Gasteiger partial charge >= 0.3 is 0 Å². The number of nitrogens with two attached hydrogens (primary N) is 1. The van der Waals surface area contributed by atoms with Crippen LogP contribution in [0.1, 0.15) is 16.2 Å². The maximum Gasteiger partial charge on any atom is 0.269 e. The lowest BCUT2D eigenvalue weighted by Gasteiger charge is -2.09. The monoisotopic (exact) mass is 262 g/mol. The zero-order valence-electron chi connectivity index (χ0n) is 9.64. The highest BCUT2D eigenvalue weighted by Gasteiger charge is 2.09. The van der Waals surface area contributed by atoms with Crippen molar-refractivity contribution in [3.8, 4) is 0 Å². The van der Waals surface area contributed by atoms with Gasteiger partial charge in [-0.05, 0) is 31.2 Å². The van der Waals surface area contributed by atoms with Gasteiger partial charge in [0, 0.05) is 16.9 Å². The molecule has 0 atom stereocenters. The topological polar surface area (TPSA) is 80.9 Å². The van der Waals surface area contributed by atoms with Crippen molar-refractivity contribution in [2.75, 3.05) is 5.32 Å². The van der Waals surface area contributed by atoms with E-state index in [4.69, 9.17) is 17.3 Å². The maximum atomic E-state index is 11.2. The summed E-state index contributed by atoms with van der Waals surface area (Å²) in [4.78, 5) is 19.4. The number of anilines is 2. The minimum Gasteiger partial charge on any atom is -0.364 e. The summed E-state index contributed by atoms with van der Waals surface area (Å²) in [5.41, 5.74) is 6.68. The standard InChI is InChI=1S/C12H11ClN4O/c1-7-5-8(13)6-10(16-7)17-9-3-2-4-15-11(9)12(14)18/h2-6H,1H3,(H2,14,18)(H,16,17). The van der Waals surface area contributed by atoms with Crippen LogP contribution in [0.4, 0.5) is 11.5 Å². The lowest BCUT2D eigenvalue weighted by molar-refractivity contribution is 0.0996. The molecule has 2 aromatic rings. The van der Waals surface area contributed by atoms with Crippen molar-refractivity contribution in [2.45, 2.75) is 6.92 Å². The Bertz CT molecular complexity index is 580. The first-order valence-electron chi connectivity index (χ1n) is 5.22. The molecule has 0 radical (unpaired) electrons. The Morgan fingerprint density at radius 2 is 2.22 bits per heavy atom. The molecule has 1 amide bonds. The van der Waals surface area contributed by atoms with Crippen molar-refractivity contribution in [1.82, 2.24) is 9.97 Å². The van der Waals surface area contributed by atoms with E-state index in [0.29, 0.717) is 16.5 Å². The summed E-state index contributed by atoms with van der Waals surface area (Å²) in [6.07, 6.45) is 1.50. The summed E-state index contributed by atoms with van der Waals surface area (Å²) < 4.78 is 0. The molecule has 2 aromatic heterocycles. The molecule has 18 heavy (non-hydrogen) atoms. The van der Waals surface area contributed by atoms with E-state index in [-0.39, 0.29) is 5.69 Å². The lowest BCUT2D eigenvalue weighted by atomic mass is 10.2. The first-order chi connectivity index (χ1) is 8.56. The molecule has 2 rings (SSSR count). The Morgan fingerprint density at radius 1 is 1.44 bits per heavy atom. The minimum absolute atomic E-state index is 0.164. The van der Waals surface area contributed by atoms with Crippen molar-refractivity contribution in [2.24, 2.45) is 5.73 Å². The van der Waals surface area contributed by atoms with Gasteiger partial charge in [0.05, 0.1) is 5.69 Å². The minimum atomic E-state index is -0.600. The third-order valence-electron chi connectivity index (χ3n) is 2.22. The van der Waals surface area contributed by atoms with Crippen LogP contribution >= 0.6 is 11.6 Å². The summed E-state index contributed by atoms with van der Waals surface area (Å²) in [5, 5.41) is 3.54. The third-order valence-corrected chi connectivity index (χ3v) is 2.44. The average Bonchev–Trinajstić information content (AvgIpc) is 2.27. The fourth-order valence-corrected chi connectivity index (χ4v) is 1.79. The van der Waals surface area contributed by atoms with Crippen LogP contribution in [0.2, 0.25) is 5.02 Å². The van der Waals surface area contributed by atoms with E-state index in [1.165, 1.54) is 6.20 Å². The van der Waals surface area contributed by atoms with Gasteiger partial charge in [0.25, 0.3) is 5.91 Å². The van der Waals surface area contributed by atoms with Crippen molar-refractivity contribution in [3.63, 3.8) is 0 Å². The van der Waals surface area contributed by atoms with Gasteiger partial charge in [-0.15, -0.1) is 0 Å². The Morgan fingerprint density at radius 3 is 2.89 bits per heavy atom. The van der Waals surface area contributed by atoms with E-state index in [0.717, 1.165) is 5.69 Å². The van der Waals surface area contributed by atoms with Crippen molar-refractivity contribution in [3.05, 3.63) is 46.9 Å². The van der Waals surface area contributed by atoms with Gasteiger partial charge in [0.2, 0.25) is 0 Å². The predicted molar refractivity (Wildman–Crippen MR) is 70.0 cm³/mol. The zero-order chi connectivity index (χ0) is 13.1. The largest absolute Gasteiger partial charge is 0.364 e. The van der Waals surface area contributed by atoms with Crippen LogP contribution in [-0.4, -0.2) is 15.9 Å². The fraction of sp³-hybridized carbons (Fsp3) is 0.0833. The number of hydrogen-bond acceptors (Lipinski definition) is 4. The number of hydrogen-bond donors (Lipinski definition) is 2. The van der Waals surface area contributed by atoms with Crippen LogP contribution in [0, 0.1) is 6.92 Å². The second-order valence-electron chi connectivity index (χ2n) is 3.70. The molecule has 0 spiro atoms. The molecule has 0 bridgehead atoms. The number of carbonyl (C=O) groups is 1. The van der Waals surface area contributed by atoms with Gasteiger partial charge in [-0.1, -0.05) is 11.6 Å². The fourth-order valence-electron chi connectivity index (χ4n) is 1.53. The van der Waals surface area contributed by atoms with E-state index in [9.17, 15) is 4.79 Å². The van der Waals surface area contributed by atoms with Gasteiger partial charge in [0.1, 0.15) is 5.82 Å². The van der Waals surface area contributed by atoms with Crippen LogP contribution in [-0.2, 0) is 0 Å². The van der Waals surface area contributed by atoms with E-state index in [2.05, 4.69) is 15.3 Å². The normalized spacial score (nSPS) is 10.1. The number of primary amides is 1. The van der Waals surface area contributed by atoms with Gasteiger partial charge < -0.3 is 11.1 Å². The molecule has 0 fully saturated rings. The van der Waals surface area contributed by atoms with Crippen LogP contribution in [0.5, 0.6) is 0 Å². The number of aromatic nitrogens is 2. The first-order valence-corrected chi connectivity index (χ1v) is 5.60. The average molecular weight is 263 g/mol. The molecule has 5 nitrogen and oxygen atoms in total. The third kappa shape index (κ3) is 2.75. The van der Waals surface area contributed by atoms with Gasteiger partial charge in [-0.3, -0.25) is 4.79 Å². The number of amides is 1. The number of rotatable bonds is 3. The van der Waals surface area contributed by atoms with Crippen LogP contribution in [0.3, 0.4) is 0 Å². The van der Waals surface area contributed by atoms with E-state index >= 15 is 0 Å². The number of carbonyl (C=O) groups excluding carboxylic acids is 1. The molecule has 6 heteroatoms. The Hall–Kier alpha value is -2.14. The molecular weight excluding hydrogens is 252 g/mol. The van der Waals surface area contributed by atoms with Crippen LogP contribution in [0.15, 0.2) is 30.5 Å².